The van der Waals surface area contributed by atoms with Crippen LogP contribution in [0.2, 0.25) is 0 Å². The first-order chi connectivity index (χ1) is 8.12. The Hall–Kier alpha value is -1.73. The van der Waals surface area contributed by atoms with Crippen LogP contribution in [0.1, 0.15) is 19.4 Å². The second-order valence-electron chi connectivity index (χ2n) is 3.37. The smallest absolute Gasteiger partial charge is 0.310 e. The van der Waals surface area contributed by atoms with Crippen molar-refractivity contribution in [3.8, 4) is 0 Å². The van der Waals surface area contributed by atoms with Gasteiger partial charge in [-0.05, 0) is 19.1 Å². The SMILES string of the molecule is CC(=O)OC(C)=O.Cc1ccc(S(=O)(=O)O)cc1. The Kier molecular flexibility index (Phi) is 6.21. The standard InChI is InChI=1S/C7H8O3S.C4H6O3/c1-6-2-4-7(5-3-6)11(8,9)10;1-3(5)7-4(2)6/h2-5H,1H3,(H,8,9,10);1-2H3. The maximum atomic E-state index is 10.5. The van der Waals surface area contributed by atoms with Crippen molar-refractivity contribution >= 4 is 22.1 Å². The van der Waals surface area contributed by atoms with E-state index >= 15 is 0 Å². The summed E-state index contributed by atoms with van der Waals surface area (Å²) < 4.78 is 33.5. The fourth-order valence-electron chi connectivity index (χ4n) is 0.913. The minimum Gasteiger partial charge on any atom is -0.394 e. The minimum absolute atomic E-state index is 0.0666. The van der Waals surface area contributed by atoms with E-state index in [-0.39, 0.29) is 4.90 Å². The van der Waals surface area contributed by atoms with E-state index in [1.165, 1.54) is 26.0 Å². The summed E-state index contributed by atoms with van der Waals surface area (Å²) in [5.74, 6) is -1.12. The van der Waals surface area contributed by atoms with Crippen LogP contribution in [0.4, 0.5) is 0 Å². The van der Waals surface area contributed by atoms with E-state index in [1.54, 1.807) is 12.1 Å². The van der Waals surface area contributed by atoms with Crippen molar-refractivity contribution in [3.05, 3.63) is 29.8 Å². The molecule has 18 heavy (non-hydrogen) atoms. The Bertz CT molecular complexity index is 503. The molecule has 1 aromatic rings. The molecule has 6 nitrogen and oxygen atoms in total. The molecule has 0 unspecified atom stereocenters. The summed E-state index contributed by atoms with van der Waals surface area (Å²) in [5.41, 5.74) is 0.956. The first-order valence-corrected chi connectivity index (χ1v) is 6.30. The van der Waals surface area contributed by atoms with Crippen LogP contribution in [0, 0.1) is 6.92 Å². The van der Waals surface area contributed by atoms with Crippen LogP contribution in [-0.2, 0) is 24.4 Å². The number of esters is 2. The van der Waals surface area contributed by atoms with Gasteiger partial charge in [0.25, 0.3) is 10.1 Å². The number of rotatable bonds is 1. The van der Waals surface area contributed by atoms with Crippen LogP contribution >= 0.6 is 0 Å². The van der Waals surface area contributed by atoms with E-state index < -0.39 is 22.1 Å². The number of aryl methyl sites for hydroxylation is 1. The van der Waals surface area contributed by atoms with Gasteiger partial charge in [-0.2, -0.15) is 8.42 Å². The van der Waals surface area contributed by atoms with Gasteiger partial charge >= 0.3 is 11.9 Å². The van der Waals surface area contributed by atoms with Crippen molar-refractivity contribution in [3.63, 3.8) is 0 Å². The van der Waals surface area contributed by atoms with Gasteiger partial charge in [0, 0.05) is 13.8 Å². The number of benzene rings is 1. The molecular formula is C11H14O6S. The summed E-state index contributed by atoms with van der Waals surface area (Å²) in [7, 11) is -4.02. The van der Waals surface area contributed by atoms with Gasteiger partial charge in [-0.25, -0.2) is 0 Å². The molecule has 0 atom stereocenters. The zero-order chi connectivity index (χ0) is 14.3. The topological polar surface area (TPSA) is 97.7 Å². The molecule has 1 N–H and O–H groups in total. The molecule has 0 aliphatic rings. The number of hydrogen-bond acceptors (Lipinski definition) is 5. The van der Waals surface area contributed by atoms with E-state index in [9.17, 15) is 18.0 Å². The summed E-state index contributed by atoms with van der Waals surface area (Å²) in [6.07, 6.45) is 0. The van der Waals surface area contributed by atoms with E-state index in [0.29, 0.717) is 0 Å². The lowest BCUT2D eigenvalue weighted by molar-refractivity contribution is -0.156. The highest BCUT2D eigenvalue weighted by atomic mass is 32.2. The molecule has 0 saturated carbocycles. The molecule has 0 heterocycles. The molecular weight excluding hydrogens is 260 g/mol. The second kappa shape index (κ2) is 6.87. The lowest BCUT2D eigenvalue weighted by Gasteiger charge is -1.95. The highest BCUT2D eigenvalue weighted by molar-refractivity contribution is 7.85. The van der Waals surface area contributed by atoms with E-state index in [0.717, 1.165) is 5.56 Å². The van der Waals surface area contributed by atoms with Crippen LogP contribution in [0.15, 0.2) is 29.2 Å². The average molecular weight is 274 g/mol. The number of carbonyl (C=O) groups is 2. The third kappa shape index (κ3) is 7.53. The van der Waals surface area contributed by atoms with Gasteiger partial charge in [-0.3, -0.25) is 14.1 Å². The lowest BCUT2D eigenvalue weighted by Crippen LogP contribution is -2.03. The quantitative estimate of drug-likeness (QED) is 0.471. The number of ether oxygens (including phenoxy) is 1. The molecule has 1 aromatic carbocycles. The predicted octanol–water partition coefficient (Wildman–Crippen LogP) is 1.34. The molecule has 1 rings (SSSR count). The molecule has 7 heteroatoms. The first kappa shape index (κ1) is 16.3. The Morgan fingerprint density at radius 2 is 1.44 bits per heavy atom. The molecule has 0 bridgehead atoms. The van der Waals surface area contributed by atoms with Gasteiger partial charge in [-0.1, -0.05) is 17.7 Å². The molecule has 0 aliphatic heterocycles. The maximum absolute atomic E-state index is 10.5. The van der Waals surface area contributed by atoms with Crippen LogP contribution in [0.3, 0.4) is 0 Å². The first-order valence-electron chi connectivity index (χ1n) is 4.86. The number of hydrogen-bond donors (Lipinski definition) is 1. The Morgan fingerprint density at radius 1 is 1.06 bits per heavy atom. The molecule has 0 amide bonds. The van der Waals surface area contributed by atoms with Crippen molar-refractivity contribution in [1.82, 2.24) is 0 Å². The van der Waals surface area contributed by atoms with Crippen LogP contribution < -0.4 is 0 Å². The molecule has 0 saturated heterocycles. The van der Waals surface area contributed by atoms with Gasteiger partial charge in [0.05, 0.1) is 4.90 Å². The van der Waals surface area contributed by atoms with Crippen molar-refractivity contribution in [2.75, 3.05) is 0 Å². The molecule has 0 aliphatic carbocycles. The largest absolute Gasteiger partial charge is 0.394 e. The molecule has 0 radical (unpaired) electrons. The fraction of sp³-hybridized carbons (Fsp3) is 0.273. The Labute approximate surface area is 105 Å². The summed E-state index contributed by atoms with van der Waals surface area (Å²) in [6.45, 7) is 4.20. The highest BCUT2D eigenvalue weighted by Gasteiger charge is 2.06. The second-order valence-corrected chi connectivity index (χ2v) is 4.79. The van der Waals surface area contributed by atoms with E-state index in [1.807, 2.05) is 6.92 Å². The number of carbonyl (C=O) groups excluding carboxylic acids is 2. The van der Waals surface area contributed by atoms with Crippen LogP contribution in [-0.4, -0.2) is 24.9 Å². The summed E-state index contributed by atoms with van der Waals surface area (Å²) in [4.78, 5) is 19.6. The summed E-state index contributed by atoms with van der Waals surface area (Å²) in [5, 5.41) is 0. The van der Waals surface area contributed by atoms with E-state index in [2.05, 4.69) is 4.74 Å². The van der Waals surface area contributed by atoms with Crippen molar-refractivity contribution in [2.24, 2.45) is 0 Å². The predicted molar refractivity (Wildman–Crippen MR) is 63.4 cm³/mol. The lowest BCUT2D eigenvalue weighted by atomic mass is 10.2. The van der Waals surface area contributed by atoms with Gasteiger partial charge < -0.3 is 4.74 Å². The van der Waals surface area contributed by atoms with Gasteiger partial charge in [0.15, 0.2) is 0 Å². The van der Waals surface area contributed by atoms with Gasteiger partial charge in [-0.15, -0.1) is 0 Å². The van der Waals surface area contributed by atoms with Gasteiger partial charge in [0.2, 0.25) is 0 Å². The van der Waals surface area contributed by atoms with Gasteiger partial charge in [0.1, 0.15) is 0 Å². The molecule has 0 aromatic heterocycles. The normalized spacial score (nSPS) is 10.0. The zero-order valence-electron chi connectivity index (χ0n) is 10.2. The van der Waals surface area contributed by atoms with Crippen LogP contribution in [0.5, 0.6) is 0 Å². The third-order valence-electron chi connectivity index (χ3n) is 1.61. The zero-order valence-corrected chi connectivity index (χ0v) is 11.0. The fourth-order valence-corrected chi connectivity index (χ4v) is 1.39. The van der Waals surface area contributed by atoms with Crippen molar-refractivity contribution < 1.29 is 27.3 Å². The Balaban J connectivity index is 0.000000360. The summed E-state index contributed by atoms with van der Waals surface area (Å²) >= 11 is 0. The maximum Gasteiger partial charge on any atom is 0.310 e. The van der Waals surface area contributed by atoms with Crippen molar-refractivity contribution in [2.45, 2.75) is 25.7 Å². The Morgan fingerprint density at radius 3 is 1.67 bits per heavy atom. The van der Waals surface area contributed by atoms with E-state index in [4.69, 9.17) is 4.55 Å². The highest BCUT2D eigenvalue weighted by Crippen LogP contribution is 2.08. The monoisotopic (exact) mass is 274 g/mol. The minimum atomic E-state index is -4.02. The summed E-state index contributed by atoms with van der Waals surface area (Å²) in [6, 6.07) is 5.99. The molecule has 0 spiro atoms. The average Bonchev–Trinajstić information content (AvgIpc) is 2.15. The van der Waals surface area contributed by atoms with Crippen molar-refractivity contribution in [1.29, 1.82) is 0 Å². The molecule has 100 valence electrons. The molecule has 0 fully saturated rings. The third-order valence-corrected chi connectivity index (χ3v) is 2.47. The van der Waals surface area contributed by atoms with Crippen LogP contribution in [0.25, 0.3) is 0 Å².